The summed E-state index contributed by atoms with van der Waals surface area (Å²) in [7, 11) is 0. The van der Waals surface area contributed by atoms with Crippen molar-refractivity contribution in [3.05, 3.63) is 63.2 Å². The molecule has 9 heteroatoms. The number of nitro groups is 1. The fraction of sp³-hybridized carbons (Fsp3) is 0.316. The van der Waals surface area contributed by atoms with Crippen LogP contribution >= 0.6 is 11.6 Å². The minimum absolute atomic E-state index is 0.0108. The molecule has 2 aromatic rings. The van der Waals surface area contributed by atoms with Crippen molar-refractivity contribution in [1.29, 1.82) is 0 Å². The molecule has 3 rings (SSSR count). The van der Waals surface area contributed by atoms with Crippen LogP contribution in [0.4, 0.5) is 11.4 Å². The normalized spacial score (nSPS) is 13.8. The fourth-order valence-corrected chi connectivity index (χ4v) is 2.99. The monoisotopic (exact) mass is 406 g/mol. The van der Waals surface area contributed by atoms with Gasteiger partial charge in [-0.05, 0) is 24.3 Å². The minimum atomic E-state index is -0.653. The highest BCUT2D eigenvalue weighted by Crippen LogP contribution is 2.30. The topological polar surface area (TPSA) is 91.1 Å². The summed E-state index contributed by atoms with van der Waals surface area (Å²) in [5.41, 5.74) is 0.442. The van der Waals surface area contributed by atoms with E-state index in [4.69, 9.17) is 25.8 Å². The average molecular weight is 407 g/mol. The molecule has 1 fully saturated rings. The molecule has 0 N–H and O–H groups in total. The summed E-state index contributed by atoms with van der Waals surface area (Å²) in [6.07, 6.45) is 0. The van der Waals surface area contributed by atoms with Gasteiger partial charge in [-0.3, -0.25) is 10.1 Å². The molecule has 0 aliphatic carbocycles. The lowest BCUT2D eigenvalue weighted by molar-refractivity contribution is -0.384. The van der Waals surface area contributed by atoms with Crippen molar-refractivity contribution >= 4 is 28.9 Å². The number of carbonyl (C=O) groups is 1. The number of rotatable bonds is 7. The Kier molecular flexibility index (Phi) is 6.67. The van der Waals surface area contributed by atoms with Gasteiger partial charge in [0.05, 0.1) is 28.7 Å². The largest absolute Gasteiger partial charge is 0.488 e. The molecule has 0 radical (unpaired) electrons. The van der Waals surface area contributed by atoms with Crippen LogP contribution in [0.15, 0.2) is 42.5 Å². The smallest absolute Gasteiger partial charge is 0.338 e. The first-order valence-electron chi connectivity index (χ1n) is 8.72. The van der Waals surface area contributed by atoms with Crippen LogP contribution in [0.2, 0.25) is 5.02 Å². The summed E-state index contributed by atoms with van der Waals surface area (Å²) in [6.45, 7) is 2.24. The van der Waals surface area contributed by atoms with E-state index in [0.717, 1.165) is 0 Å². The number of carbonyl (C=O) groups excluding carboxylic acids is 1. The predicted octanol–water partition coefficient (Wildman–Crippen LogP) is 3.32. The van der Waals surface area contributed by atoms with Gasteiger partial charge in [-0.1, -0.05) is 23.7 Å². The Bertz CT molecular complexity index is 854. The first-order valence-corrected chi connectivity index (χ1v) is 9.09. The average Bonchev–Trinajstić information content (AvgIpc) is 2.72. The molecule has 28 heavy (non-hydrogen) atoms. The van der Waals surface area contributed by atoms with Gasteiger partial charge < -0.3 is 19.1 Å². The lowest BCUT2D eigenvalue weighted by atomic mass is 10.1. The number of nitro benzene ring substituents is 1. The molecular formula is C19H19ClN2O6. The van der Waals surface area contributed by atoms with Crippen LogP contribution in [-0.4, -0.2) is 50.4 Å². The van der Waals surface area contributed by atoms with E-state index < -0.39 is 10.9 Å². The number of ether oxygens (including phenoxy) is 3. The summed E-state index contributed by atoms with van der Waals surface area (Å²) in [4.78, 5) is 25.0. The third-order valence-corrected chi connectivity index (χ3v) is 4.48. The third-order valence-electron chi connectivity index (χ3n) is 4.17. The Morgan fingerprint density at radius 2 is 1.93 bits per heavy atom. The molecule has 148 valence electrons. The summed E-state index contributed by atoms with van der Waals surface area (Å²) < 4.78 is 15.9. The molecule has 2 aromatic carbocycles. The molecule has 0 amide bonds. The maximum atomic E-state index is 12.2. The minimum Gasteiger partial charge on any atom is -0.488 e. The molecular weight excluding hydrogens is 388 g/mol. The van der Waals surface area contributed by atoms with Gasteiger partial charge in [0.2, 0.25) is 0 Å². The maximum absolute atomic E-state index is 12.2. The van der Waals surface area contributed by atoms with Gasteiger partial charge in [0.15, 0.2) is 0 Å². The number of hydrogen-bond acceptors (Lipinski definition) is 7. The summed E-state index contributed by atoms with van der Waals surface area (Å²) >= 11 is 5.98. The van der Waals surface area contributed by atoms with Crippen molar-refractivity contribution < 1.29 is 23.9 Å². The van der Waals surface area contributed by atoms with Gasteiger partial charge in [0.1, 0.15) is 24.7 Å². The van der Waals surface area contributed by atoms with E-state index in [0.29, 0.717) is 42.8 Å². The van der Waals surface area contributed by atoms with Crippen molar-refractivity contribution in [3.8, 4) is 5.75 Å². The number of nitrogens with zero attached hydrogens (tertiary/aromatic N) is 2. The van der Waals surface area contributed by atoms with Crippen LogP contribution in [0.1, 0.15) is 10.4 Å². The second kappa shape index (κ2) is 9.38. The first-order chi connectivity index (χ1) is 13.6. The maximum Gasteiger partial charge on any atom is 0.338 e. The van der Waals surface area contributed by atoms with Crippen LogP contribution in [0.25, 0.3) is 0 Å². The van der Waals surface area contributed by atoms with Crippen LogP contribution in [0, 0.1) is 10.1 Å². The first kappa shape index (κ1) is 19.9. The number of anilines is 1. The van der Waals surface area contributed by atoms with E-state index in [2.05, 4.69) is 0 Å². The summed E-state index contributed by atoms with van der Waals surface area (Å²) in [6, 6.07) is 11.3. The molecule has 1 saturated heterocycles. The van der Waals surface area contributed by atoms with Crippen molar-refractivity contribution in [1.82, 2.24) is 0 Å². The Balaban J connectivity index is 1.60. The quantitative estimate of drug-likeness (QED) is 0.301. The van der Waals surface area contributed by atoms with Gasteiger partial charge in [-0.15, -0.1) is 0 Å². The zero-order valence-electron chi connectivity index (χ0n) is 15.0. The molecule has 8 nitrogen and oxygen atoms in total. The van der Waals surface area contributed by atoms with Crippen molar-refractivity contribution in [2.45, 2.75) is 0 Å². The number of esters is 1. The lowest BCUT2D eigenvalue weighted by Gasteiger charge is -2.28. The van der Waals surface area contributed by atoms with Crippen LogP contribution in [0.3, 0.4) is 0 Å². The highest BCUT2D eigenvalue weighted by molar-refractivity contribution is 6.32. The van der Waals surface area contributed by atoms with Gasteiger partial charge in [0, 0.05) is 19.2 Å². The van der Waals surface area contributed by atoms with E-state index in [1.54, 1.807) is 30.3 Å². The number of morpholine rings is 1. The number of hydrogen-bond donors (Lipinski definition) is 0. The molecule has 1 aliphatic rings. The summed E-state index contributed by atoms with van der Waals surface area (Å²) in [5.74, 6) is -0.162. The standard InChI is InChI=1S/C19H19ClN2O6/c20-15-3-1-2-4-18(15)27-11-12-28-19(23)14-5-6-16(17(13-14)22(24)25)21-7-9-26-10-8-21/h1-6,13H,7-12H2. The zero-order chi connectivity index (χ0) is 19.9. The van der Waals surface area contributed by atoms with Gasteiger partial charge >= 0.3 is 5.97 Å². The highest BCUT2D eigenvalue weighted by atomic mass is 35.5. The molecule has 0 atom stereocenters. The Morgan fingerprint density at radius 3 is 2.64 bits per heavy atom. The van der Waals surface area contributed by atoms with Crippen molar-refractivity contribution in [3.63, 3.8) is 0 Å². The zero-order valence-corrected chi connectivity index (χ0v) is 15.8. The molecule has 0 unspecified atom stereocenters. The van der Waals surface area contributed by atoms with Gasteiger partial charge in [-0.2, -0.15) is 0 Å². The number of benzene rings is 2. The Morgan fingerprint density at radius 1 is 1.18 bits per heavy atom. The molecule has 0 saturated carbocycles. The SMILES string of the molecule is O=C(OCCOc1ccccc1Cl)c1ccc(N2CCOCC2)c([N+](=O)[O-])c1. The van der Waals surface area contributed by atoms with E-state index in [-0.39, 0.29) is 24.5 Å². The second-order valence-electron chi connectivity index (χ2n) is 5.97. The van der Waals surface area contributed by atoms with E-state index in [1.807, 2.05) is 4.90 Å². The van der Waals surface area contributed by atoms with Crippen LogP contribution in [-0.2, 0) is 9.47 Å². The number of para-hydroxylation sites is 1. The van der Waals surface area contributed by atoms with E-state index in [1.165, 1.54) is 12.1 Å². The Hall–Kier alpha value is -2.84. The molecule has 1 aliphatic heterocycles. The van der Waals surface area contributed by atoms with E-state index in [9.17, 15) is 14.9 Å². The third kappa shape index (κ3) is 4.90. The molecule has 0 bridgehead atoms. The van der Waals surface area contributed by atoms with Crippen molar-refractivity contribution in [2.75, 3.05) is 44.4 Å². The molecule has 0 spiro atoms. The van der Waals surface area contributed by atoms with E-state index >= 15 is 0 Å². The molecule has 1 heterocycles. The van der Waals surface area contributed by atoms with Crippen molar-refractivity contribution in [2.24, 2.45) is 0 Å². The second-order valence-corrected chi connectivity index (χ2v) is 6.38. The number of halogens is 1. The lowest BCUT2D eigenvalue weighted by Crippen LogP contribution is -2.36. The predicted molar refractivity (Wildman–Crippen MR) is 103 cm³/mol. The fourth-order valence-electron chi connectivity index (χ4n) is 2.80. The summed E-state index contributed by atoms with van der Waals surface area (Å²) in [5, 5.41) is 11.9. The van der Waals surface area contributed by atoms with Gasteiger partial charge in [0.25, 0.3) is 5.69 Å². The van der Waals surface area contributed by atoms with Crippen LogP contribution < -0.4 is 9.64 Å². The molecule has 0 aromatic heterocycles. The van der Waals surface area contributed by atoms with Gasteiger partial charge in [-0.25, -0.2) is 4.79 Å². The highest BCUT2D eigenvalue weighted by Gasteiger charge is 2.23. The van der Waals surface area contributed by atoms with Crippen LogP contribution in [0.5, 0.6) is 5.75 Å². The Labute approximate surface area is 166 Å².